The van der Waals surface area contributed by atoms with Crippen LogP contribution in [0, 0.1) is 22.7 Å². The number of aliphatic hydroxyl groups is 4. The lowest BCUT2D eigenvalue weighted by Crippen LogP contribution is -2.71. The fourth-order valence-corrected chi connectivity index (χ4v) is 14.0. The molecule has 4 aliphatic heterocycles. The molecule has 0 spiro atoms. The number of allylic oxidation sites excluding steroid dienone is 1. The third-order valence-corrected chi connectivity index (χ3v) is 18.0. The Balaban J connectivity index is 0.846. The number of esters is 1. The van der Waals surface area contributed by atoms with Gasteiger partial charge in [0.2, 0.25) is 0 Å². The van der Waals surface area contributed by atoms with E-state index in [1.54, 1.807) is 28.1 Å². The van der Waals surface area contributed by atoms with Gasteiger partial charge in [-0.05, 0) is 96.8 Å². The van der Waals surface area contributed by atoms with Gasteiger partial charge >= 0.3 is 5.97 Å². The van der Waals surface area contributed by atoms with Crippen LogP contribution in [0.3, 0.4) is 0 Å². The van der Waals surface area contributed by atoms with Crippen molar-refractivity contribution in [3.05, 3.63) is 11.6 Å². The molecule has 18 heteroatoms. The molecule has 3 saturated carbocycles. The smallest absolute Gasteiger partial charge is 0.302 e. The van der Waals surface area contributed by atoms with Crippen molar-refractivity contribution in [2.24, 2.45) is 22.7 Å². The second-order valence-corrected chi connectivity index (χ2v) is 21.7. The van der Waals surface area contributed by atoms with E-state index in [9.17, 15) is 30.0 Å². The Hall–Kier alpha value is -1.72. The number of Topliss-reactive ketones (excluding diaryl/α,β-unsaturated/α-hetero) is 1. The maximum atomic E-state index is 13.0. The highest BCUT2D eigenvalue weighted by Gasteiger charge is 2.76. The molecule has 0 unspecified atom stereocenters. The number of carbonyl (C=O) groups is 2. The number of hydrogen-bond acceptors (Lipinski definition) is 18. The molecule has 4 saturated heterocycles. The first-order valence-corrected chi connectivity index (χ1v) is 25.1. The zero-order chi connectivity index (χ0) is 49.2. The fraction of sp³-hybridized carbons (Fsp3) is 0.920. The molecular weight excluding hydrogens is 889 g/mol. The summed E-state index contributed by atoms with van der Waals surface area (Å²) in [7, 11) is 4.81. The van der Waals surface area contributed by atoms with E-state index in [0.29, 0.717) is 38.5 Å². The van der Waals surface area contributed by atoms with E-state index in [4.69, 9.17) is 56.8 Å². The highest BCUT2D eigenvalue weighted by Crippen LogP contribution is 2.69. The summed E-state index contributed by atoms with van der Waals surface area (Å²) in [6, 6.07) is 0. The van der Waals surface area contributed by atoms with E-state index in [1.807, 2.05) is 20.8 Å². The van der Waals surface area contributed by atoms with Crippen LogP contribution >= 0.6 is 0 Å². The van der Waals surface area contributed by atoms with Gasteiger partial charge in [0, 0.05) is 53.9 Å². The molecule has 0 aromatic heterocycles. The van der Waals surface area contributed by atoms with Crippen molar-refractivity contribution in [3.63, 3.8) is 0 Å². The standard InChI is InChI=1S/C50H80O18/c1-24-43(54)35(57-9)21-41(60-24)66-44-25(2)61-39(20-34(44)53)67-45-27(4)63-42(23-37(45)59-11)68-46-26(3)62-40(22-36(46)58-10)65-31-14-15-47(7)30(18-31)12-13-32-33(47)19-38(64-29(6)52)48(8)49(55,28(5)51)16-17-50(32,48)56/h12,24-27,31-46,53-56H,13-23H2,1-11H3/t24-,25-,26-,27-,31+,32-,33+,34-,35-,36+,37-,38-,39+,40+,41+,42+,43-,44-,45-,46-,47+,48-,49-,50+/m1/s1. The van der Waals surface area contributed by atoms with Gasteiger partial charge in [-0.25, -0.2) is 0 Å². The summed E-state index contributed by atoms with van der Waals surface area (Å²) < 4.78 is 74.4. The lowest BCUT2D eigenvalue weighted by Gasteiger charge is -2.63. The summed E-state index contributed by atoms with van der Waals surface area (Å²) in [5.41, 5.74) is -3.61. The number of hydrogen-bond donors (Lipinski definition) is 4. The first-order chi connectivity index (χ1) is 32.1. The monoisotopic (exact) mass is 969 g/mol. The third kappa shape index (κ3) is 9.31. The number of fused-ring (bicyclic) bond motifs is 5. The molecule has 388 valence electrons. The molecule has 0 radical (unpaired) electrons. The van der Waals surface area contributed by atoms with E-state index < -0.39 is 127 Å². The molecule has 7 fully saturated rings. The van der Waals surface area contributed by atoms with Crippen LogP contribution in [0.2, 0.25) is 0 Å². The number of methoxy groups -OCH3 is 3. The Labute approximate surface area is 401 Å². The maximum Gasteiger partial charge on any atom is 0.302 e. The normalized spacial score (nSPS) is 51.7. The van der Waals surface area contributed by atoms with Gasteiger partial charge in [0.25, 0.3) is 0 Å². The maximum absolute atomic E-state index is 13.0. The van der Waals surface area contributed by atoms with E-state index in [2.05, 4.69) is 13.0 Å². The van der Waals surface area contributed by atoms with Gasteiger partial charge in [0.05, 0.1) is 66.0 Å². The molecule has 0 amide bonds. The predicted molar refractivity (Wildman–Crippen MR) is 239 cm³/mol. The van der Waals surface area contributed by atoms with Crippen molar-refractivity contribution in [1.29, 1.82) is 0 Å². The number of carbonyl (C=O) groups excluding carboxylic acids is 2. The summed E-state index contributed by atoms with van der Waals surface area (Å²) in [6.45, 7) is 14.1. The molecular formula is C50H80O18. The Kier molecular flexibility index (Phi) is 15.7. The van der Waals surface area contributed by atoms with Crippen molar-refractivity contribution in [3.8, 4) is 0 Å². The lowest BCUT2D eigenvalue weighted by molar-refractivity contribution is -0.346. The number of aliphatic hydroxyl groups excluding tert-OH is 2. The van der Waals surface area contributed by atoms with Gasteiger partial charge < -0.3 is 77.3 Å². The van der Waals surface area contributed by atoms with Gasteiger partial charge in [0.1, 0.15) is 36.1 Å². The Bertz CT molecular complexity index is 1810. The average Bonchev–Trinajstić information content (AvgIpc) is 3.51. The minimum atomic E-state index is -1.80. The summed E-state index contributed by atoms with van der Waals surface area (Å²) in [4.78, 5) is 25.5. The SMILES string of the molecule is CO[C@H]1C[C@H](O[C@H]2CC[C@@]3(C)C(=CC[C@@H]4[C@@H]3C[C@@H](OC(C)=O)[C@]3(C)[C@](O)(C(C)=O)CC[C@]43O)C2)O[C@H](C)[C@H]1O[C@H]1C[C@@H](OC)[C@H](O[C@H]2C[C@@H](O)[C@H](O[C@H]3C[C@@H](OC)[C@H](O)[C@@H](C)O3)[C@@H](C)O2)[C@@H](C)O1. The van der Waals surface area contributed by atoms with Gasteiger partial charge in [-0.2, -0.15) is 0 Å². The minimum absolute atomic E-state index is 0.0367. The molecule has 8 rings (SSSR count). The van der Waals surface area contributed by atoms with Crippen LogP contribution in [-0.4, -0.2) is 175 Å². The first kappa shape index (κ1) is 52.6. The van der Waals surface area contributed by atoms with Crippen LogP contribution in [0.25, 0.3) is 0 Å². The molecule has 4 heterocycles. The van der Waals surface area contributed by atoms with Crippen LogP contribution in [0.1, 0.15) is 126 Å². The van der Waals surface area contributed by atoms with Crippen LogP contribution in [0.15, 0.2) is 11.6 Å². The Morgan fingerprint density at radius 1 is 0.647 bits per heavy atom. The van der Waals surface area contributed by atoms with Gasteiger partial charge in [-0.1, -0.05) is 25.5 Å². The molecule has 4 N–H and O–H groups in total. The highest BCUT2D eigenvalue weighted by atomic mass is 16.8. The van der Waals surface area contributed by atoms with E-state index in [1.165, 1.54) is 26.5 Å². The predicted octanol–water partition coefficient (Wildman–Crippen LogP) is 3.77. The third-order valence-electron chi connectivity index (χ3n) is 18.0. The summed E-state index contributed by atoms with van der Waals surface area (Å²) in [5, 5.41) is 46.1. The van der Waals surface area contributed by atoms with Crippen LogP contribution < -0.4 is 0 Å². The summed E-state index contributed by atoms with van der Waals surface area (Å²) >= 11 is 0. The largest absolute Gasteiger partial charge is 0.462 e. The van der Waals surface area contributed by atoms with Gasteiger partial charge in [-0.15, -0.1) is 0 Å². The molecule has 68 heavy (non-hydrogen) atoms. The topological polar surface area (TPSA) is 226 Å². The number of ketones is 1. The number of ether oxygens (including phenoxy) is 12. The number of rotatable bonds is 13. The lowest BCUT2D eigenvalue weighted by atomic mass is 9.44. The van der Waals surface area contributed by atoms with Crippen LogP contribution in [0.5, 0.6) is 0 Å². The van der Waals surface area contributed by atoms with Crippen LogP contribution in [-0.2, 0) is 66.4 Å². The second kappa shape index (κ2) is 20.3. The van der Waals surface area contributed by atoms with Crippen molar-refractivity contribution in [1.82, 2.24) is 0 Å². The molecule has 18 nitrogen and oxygen atoms in total. The van der Waals surface area contributed by atoms with E-state index >= 15 is 0 Å². The van der Waals surface area contributed by atoms with Crippen LogP contribution in [0.4, 0.5) is 0 Å². The minimum Gasteiger partial charge on any atom is -0.462 e. The molecule has 4 aliphatic carbocycles. The highest BCUT2D eigenvalue weighted by molar-refractivity contribution is 5.87. The Morgan fingerprint density at radius 2 is 1.16 bits per heavy atom. The molecule has 0 aromatic rings. The van der Waals surface area contributed by atoms with Crippen molar-refractivity contribution in [2.75, 3.05) is 21.3 Å². The quantitative estimate of drug-likeness (QED) is 0.152. The van der Waals surface area contributed by atoms with E-state index in [0.717, 1.165) is 12.8 Å². The fourth-order valence-electron chi connectivity index (χ4n) is 14.0. The average molecular weight is 969 g/mol. The molecule has 8 aliphatic rings. The van der Waals surface area contributed by atoms with E-state index in [-0.39, 0.29) is 48.7 Å². The van der Waals surface area contributed by atoms with Crippen molar-refractivity contribution >= 4 is 11.8 Å². The second-order valence-electron chi connectivity index (χ2n) is 21.7. The zero-order valence-corrected chi connectivity index (χ0v) is 41.9. The van der Waals surface area contributed by atoms with Crippen molar-refractivity contribution < 1.29 is 86.9 Å². The van der Waals surface area contributed by atoms with Gasteiger partial charge in [0.15, 0.2) is 30.9 Å². The zero-order valence-electron chi connectivity index (χ0n) is 41.9. The molecule has 0 bridgehead atoms. The van der Waals surface area contributed by atoms with Crippen molar-refractivity contribution in [2.45, 2.75) is 248 Å². The molecule has 0 aromatic carbocycles. The van der Waals surface area contributed by atoms with Gasteiger partial charge in [-0.3, -0.25) is 9.59 Å². The summed E-state index contributed by atoms with van der Waals surface area (Å²) in [6.07, 6.45) is -3.00. The molecule has 24 atom stereocenters. The first-order valence-electron chi connectivity index (χ1n) is 25.1. The Morgan fingerprint density at radius 3 is 1.71 bits per heavy atom. The summed E-state index contributed by atoms with van der Waals surface area (Å²) in [5.74, 6) is -1.17.